The van der Waals surface area contributed by atoms with Crippen molar-refractivity contribution in [3.63, 3.8) is 0 Å². The minimum absolute atomic E-state index is 0.0346. The smallest absolute Gasteiger partial charge is 0.242 e. The van der Waals surface area contributed by atoms with E-state index in [1.54, 1.807) is 4.90 Å². The van der Waals surface area contributed by atoms with Crippen LogP contribution in [-0.4, -0.2) is 46.3 Å². The van der Waals surface area contributed by atoms with Crippen molar-refractivity contribution in [1.82, 2.24) is 10.2 Å². The van der Waals surface area contributed by atoms with Crippen LogP contribution in [0.2, 0.25) is 0 Å². The molecule has 0 radical (unpaired) electrons. The number of amides is 2. The van der Waals surface area contributed by atoms with Gasteiger partial charge in [0, 0.05) is 25.6 Å². The zero-order chi connectivity index (χ0) is 12.4. The number of hydrogen-bond donors (Lipinski definition) is 1. The quantitative estimate of drug-likeness (QED) is 0.803. The Morgan fingerprint density at radius 3 is 3.06 bits per heavy atom. The second-order valence-corrected chi connectivity index (χ2v) is 5.71. The Morgan fingerprint density at radius 2 is 2.41 bits per heavy atom. The number of nitrogens with zero attached hydrogens (tertiary/aromatic N) is 2. The van der Waals surface area contributed by atoms with Crippen LogP contribution in [-0.2, 0) is 9.59 Å². The summed E-state index contributed by atoms with van der Waals surface area (Å²) in [4.78, 5) is 29.7. The third-order valence-corrected chi connectivity index (χ3v) is 3.84. The second kappa shape index (κ2) is 5.08. The number of carbonyl (C=O) groups is 2. The standard InChI is InChI=1S/C11H17N3O2S/c1-7(2)13-9(15)6-8-10(16)14-5-3-4-12-11(14)17-8/h7-8H,3-6H2,1-2H3,(H,13,15). The summed E-state index contributed by atoms with van der Waals surface area (Å²) in [6.07, 6.45) is 1.16. The van der Waals surface area contributed by atoms with E-state index in [9.17, 15) is 9.59 Å². The van der Waals surface area contributed by atoms with Gasteiger partial charge in [-0.15, -0.1) is 0 Å². The molecule has 0 aliphatic carbocycles. The Hall–Kier alpha value is -1.04. The van der Waals surface area contributed by atoms with E-state index >= 15 is 0 Å². The highest BCUT2D eigenvalue weighted by molar-refractivity contribution is 8.15. The van der Waals surface area contributed by atoms with E-state index < -0.39 is 0 Å². The zero-order valence-electron chi connectivity index (χ0n) is 10.1. The van der Waals surface area contributed by atoms with E-state index in [1.807, 2.05) is 13.8 Å². The monoisotopic (exact) mass is 255 g/mol. The van der Waals surface area contributed by atoms with Crippen LogP contribution in [0.25, 0.3) is 0 Å². The molecule has 2 rings (SSSR count). The first kappa shape index (κ1) is 12.4. The molecule has 1 atom stereocenters. The molecule has 6 heteroatoms. The van der Waals surface area contributed by atoms with E-state index in [2.05, 4.69) is 10.3 Å². The maximum atomic E-state index is 12.0. The second-order valence-electron chi connectivity index (χ2n) is 4.54. The summed E-state index contributed by atoms with van der Waals surface area (Å²) in [5, 5.41) is 3.32. The molecule has 2 amide bonds. The lowest BCUT2D eigenvalue weighted by molar-refractivity contribution is -0.129. The minimum Gasteiger partial charge on any atom is -0.354 e. The third kappa shape index (κ3) is 2.80. The molecule has 94 valence electrons. The van der Waals surface area contributed by atoms with Gasteiger partial charge >= 0.3 is 0 Å². The molecule has 1 unspecified atom stereocenters. The van der Waals surface area contributed by atoms with E-state index in [1.165, 1.54) is 11.8 Å². The van der Waals surface area contributed by atoms with Crippen LogP contribution in [0, 0.1) is 0 Å². The van der Waals surface area contributed by atoms with Gasteiger partial charge in [0.2, 0.25) is 11.8 Å². The molecule has 1 N–H and O–H groups in total. The van der Waals surface area contributed by atoms with Crippen LogP contribution in [0.3, 0.4) is 0 Å². The summed E-state index contributed by atoms with van der Waals surface area (Å²) in [6.45, 7) is 5.35. The molecule has 17 heavy (non-hydrogen) atoms. The summed E-state index contributed by atoms with van der Waals surface area (Å²) in [5.74, 6) is -0.0290. The van der Waals surface area contributed by atoms with Gasteiger partial charge in [-0.1, -0.05) is 11.8 Å². The summed E-state index contributed by atoms with van der Waals surface area (Å²) in [6, 6.07) is 0.115. The molecule has 0 bridgehead atoms. The predicted molar refractivity (Wildman–Crippen MR) is 67.9 cm³/mol. The zero-order valence-corrected chi connectivity index (χ0v) is 10.9. The highest BCUT2D eigenvalue weighted by atomic mass is 32.2. The molecule has 1 fully saturated rings. The van der Waals surface area contributed by atoms with Gasteiger partial charge in [0.1, 0.15) is 5.25 Å². The minimum atomic E-state index is -0.286. The SMILES string of the molecule is CC(C)NC(=O)CC1SC2=NCCCN2C1=O. The van der Waals surface area contributed by atoms with Crippen molar-refractivity contribution in [1.29, 1.82) is 0 Å². The summed E-state index contributed by atoms with van der Waals surface area (Å²) in [7, 11) is 0. The number of hydrogen-bond acceptors (Lipinski definition) is 4. The lowest BCUT2D eigenvalue weighted by Crippen LogP contribution is -2.38. The van der Waals surface area contributed by atoms with Gasteiger partial charge in [0.15, 0.2) is 5.17 Å². The van der Waals surface area contributed by atoms with E-state index in [-0.39, 0.29) is 29.5 Å². The Bertz CT molecular complexity index is 368. The Morgan fingerprint density at radius 1 is 1.65 bits per heavy atom. The fourth-order valence-corrected chi connectivity index (χ4v) is 3.11. The van der Waals surface area contributed by atoms with Crippen molar-refractivity contribution >= 4 is 28.7 Å². The third-order valence-electron chi connectivity index (χ3n) is 2.63. The molecule has 0 aromatic carbocycles. The molecule has 0 aromatic heterocycles. The van der Waals surface area contributed by atoms with Crippen molar-refractivity contribution in [2.45, 2.75) is 38.0 Å². The molecule has 2 aliphatic rings. The average Bonchev–Trinajstić information content (AvgIpc) is 2.55. The molecule has 2 heterocycles. The fourth-order valence-electron chi connectivity index (χ4n) is 1.92. The van der Waals surface area contributed by atoms with E-state index in [4.69, 9.17) is 0 Å². The first-order valence-electron chi connectivity index (χ1n) is 5.90. The molecule has 5 nitrogen and oxygen atoms in total. The summed E-state index contributed by atoms with van der Waals surface area (Å²) in [5.41, 5.74) is 0. The van der Waals surface area contributed by atoms with Gasteiger partial charge in [-0.2, -0.15) is 0 Å². The van der Waals surface area contributed by atoms with Crippen LogP contribution in [0.1, 0.15) is 26.7 Å². The Labute approximate surface area is 105 Å². The van der Waals surface area contributed by atoms with Gasteiger partial charge in [-0.3, -0.25) is 19.5 Å². The van der Waals surface area contributed by atoms with Crippen LogP contribution >= 0.6 is 11.8 Å². The molecule has 2 aliphatic heterocycles. The predicted octanol–water partition coefficient (Wildman–Crippen LogP) is 0.605. The molecular weight excluding hydrogens is 238 g/mol. The van der Waals surface area contributed by atoms with E-state index in [0.29, 0.717) is 0 Å². The van der Waals surface area contributed by atoms with Gasteiger partial charge < -0.3 is 5.32 Å². The Kier molecular flexibility index (Phi) is 3.71. The fraction of sp³-hybridized carbons (Fsp3) is 0.727. The summed E-state index contributed by atoms with van der Waals surface area (Å²) >= 11 is 1.42. The van der Waals surface area contributed by atoms with Crippen molar-refractivity contribution in [3.05, 3.63) is 0 Å². The highest BCUT2D eigenvalue weighted by Crippen LogP contribution is 2.31. The number of amidine groups is 1. The maximum Gasteiger partial charge on any atom is 0.242 e. The lowest BCUT2D eigenvalue weighted by atomic mass is 10.2. The van der Waals surface area contributed by atoms with Gasteiger partial charge in [-0.05, 0) is 20.3 Å². The van der Waals surface area contributed by atoms with Crippen molar-refractivity contribution in [2.24, 2.45) is 4.99 Å². The van der Waals surface area contributed by atoms with Crippen molar-refractivity contribution in [2.75, 3.05) is 13.1 Å². The lowest BCUT2D eigenvalue weighted by Gasteiger charge is -2.19. The maximum absolute atomic E-state index is 12.0. The molecule has 0 aromatic rings. The number of rotatable bonds is 3. The highest BCUT2D eigenvalue weighted by Gasteiger charge is 2.39. The van der Waals surface area contributed by atoms with Gasteiger partial charge in [0.25, 0.3) is 0 Å². The molecule has 0 saturated carbocycles. The molecule has 1 saturated heterocycles. The number of aliphatic imine (C=N–C) groups is 1. The number of fused-ring (bicyclic) bond motifs is 1. The van der Waals surface area contributed by atoms with Crippen LogP contribution in [0.4, 0.5) is 0 Å². The topological polar surface area (TPSA) is 61.8 Å². The van der Waals surface area contributed by atoms with Gasteiger partial charge in [0.05, 0.1) is 0 Å². The van der Waals surface area contributed by atoms with Gasteiger partial charge in [-0.25, -0.2) is 0 Å². The van der Waals surface area contributed by atoms with Crippen LogP contribution in [0.15, 0.2) is 4.99 Å². The van der Waals surface area contributed by atoms with E-state index in [0.717, 1.165) is 24.7 Å². The summed E-state index contributed by atoms with van der Waals surface area (Å²) < 4.78 is 0. The van der Waals surface area contributed by atoms with Crippen LogP contribution < -0.4 is 5.32 Å². The first-order valence-corrected chi connectivity index (χ1v) is 6.77. The number of carbonyl (C=O) groups excluding carboxylic acids is 2. The van der Waals surface area contributed by atoms with Crippen LogP contribution in [0.5, 0.6) is 0 Å². The Balaban J connectivity index is 1.95. The first-order chi connectivity index (χ1) is 8.08. The molecular formula is C11H17N3O2S. The average molecular weight is 255 g/mol. The largest absolute Gasteiger partial charge is 0.354 e. The number of thioether (sulfide) groups is 1. The van der Waals surface area contributed by atoms with Crippen molar-refractivity contribution < 1.29 is 9.59 Å². The molecule has 0 spiro atoms. The number of nitrogens with one attached hydrogen (secondary N) is 1. The van der Waals surface area contributed by atoms with Crippen molar-refractivity contribution in [3.8, 4) is 0 Å². The normalized spacial score (nSPS) is 23.7.